The van der Waals surface area contributed by atoms with Crippen LogP contribution in [-0.2, 0) is 4.79 Å². The molecule has 0 unspecified atom stereocenters. The number of ether oxygens (including phenoxy) is 1. The maximum Gasteiger partial charge on any atom is 0.231 e. The summed E-state index contributed by atoms with van der Waals surface area (Å²) in [7, 11) is 0. The normalized spacial score (nSPS) is 16.1. The van der Waals surface area contributed by atoms with Gasteiger partial charge in [-0.05, 0) is 38.5 Å². The minimum absolute atomic E-state index is 0.173. The summed E-state index contributed by atoms with van der Waals surface area (Å²) in [4.78, 5) is 14.5. The van der Waals surface area contributed by atoms with Gasteiger partial charge < -0.3 is 15.0 Å². The van der Waals surface area contributed by atoms with Crippen LogP contribution in [0.4, 0.5) is 0 Å². The van der Waals surface area contributed by atoms with Crippen LogP contribution in [0.3, 0.4) is 0 Å². The Balaban J connectivity index is 1.94. The molecule has 20 heavy (non-hydrogen) atoms. The summed E-state index contributed by atoms with van der Waals surface area (Å²) in [6.07, 6.45) is 0. The van der Waals surface area contributed by atoms with Crippen molar-refractivity contribution in [1.29, 1.82) is 0 Å². The summed E-state index contributed by atoms with van der Waals surface area (Å²) < 4.78 is 5.80. The van der Waals surface area contributed by atoms with Crippen LogP contribution in [0.2, 0.25) is 0 Å². The number of amides is 1. The quantitative estimate of drug-likeness (QED) is 0.912. The van der Waals surface area contributed by atoms with E-state index in [1.54, 1.807) is 0 Å². The molecular weight excluding hydrogens is 252 g/mol. The first-order valence-electron chi connectivity index (χ1n) is 7.19. The van der Waals surface area contributed by atoms with E-state index in [9.17, 15) is 4.79 Å². The van der Waals surface area contributed by atoms with Crippen molar-refractivity contribution in [3.8, 4) is 5.75 Å². The van der Waals surface area contributed by atoms with Gasteiger partial charge in [0.2, 0.25) is 5.91 Å². The van der Waals surface area contributed by atoms with E-state index in [-0.39, 0.29) is 5.91 Å². The Morgan fingerprint density at radius 3 is 2.70 bits per heavy atom. The maximum atomic E-state index is 12.5. The van der Waals surface area contributed by atoms with Crippen LogP contribution in [-0.4, -0.2) is 43.6 Å². The number of piperazine rings is 1. The second-order valence-corrected chi connectivity index (χ2v) is 6.03. The molecular formula is C16H24N2O2. The molecule has 110 valence electrons. The summed E-state index contributed by atoms with van der Waals surface area (Å²) in [5, 5.41) is 3.26. The standard InChI is InChI=1S/C16H24N2O2/c1-13-5-4-6-14(11-13)20-12-16(2,3)15(19)18-9-7-17-8-10-18/h4-6,11,17H,7-10,12H2,1-3H3. The number of nitrogens with zero attached hydrogens (tertiary/aromatic N) is 1. The van der Waals surface area contributed by atoms with Crippen molar-refractivity contribution in [3.63, 3.8) is 0 Å². The second-order valence-electron chi connectivity index (χ2n) is 6.03. The molecule has 1 aromatic carbocycles. The van der Waals surface area contributed by atoms with Crippen LogP contribution in [0.15, 0.2) is 24.3 Å². The number of carbonyl (C=O) groups excluding carboxylic acids is 1. The number of rotatable bonds is 4. The van der Waals surface area contributed by atoms with E-state index in [2.05, 4.69) is 5.32 Å². The molecule has 0 radical (unpaired) electrons. The van der Waals surface area contributed by atoms with Crippen molar-refractivity contribution in [2.45, 2.75) is 20.8 Å². The minimum atomic E-state index is -0.499. The van der Waals surface area contributed by atoms with Crippen molar-refractivity contribution in [1.82, 2.24) is 10.2 Å². The lowest BCUT2D eigenvalue weighted by atomic mass is 9.92. The largest absolute Gasteiger partial charge is 0.492 e. The fourth-order valence-electron chi connectivity index (χ4n) is 2.33. The minimum Gasteiger partial charge on any atom is -0.492 e. The molecule has 0 saturated carbocycles. The molecule has 1 N–H and O–H groups in total. The topological polar surface area (TPSA) is 41.6 Å². The molecule has 1 aliphatic rings. The molecule has 0 spiro atoms. The summed E-state index contributed by atoms with van der Waals surface area (Å²) in [6, 6.07) is 7.92. The lowest BCUT2D eigenvalue weighted by Gasteiger charge is -2.34. The lowest BCUT2D eigenvalue weighted by Crippen LogP contribution is -2.51. The van der Waals surface area contributed by atoms with E-state index in [1.165, 1.54) is 0 Å². The molecule has 2 rings (SSSR count). The van der Waals surface area contributed by atoms with Gasteiger partial charge in [-0.2, -0.15) is 0 Å². The van der Waals surface area contributed by atoms with Crippen molar-refractivity contribution in [3.05, 3.63) is 29.8 Å². The molecule has 0 aromatic heterocycles. The third-order valence-corrected chi connectivity index (χ3v) is 3.57. The van der Waals surface area contributed by atoms with Crippen LogP contribution in [0, 0.1) is 12.3 Å². The average molecular weight is 276 g/mol. The highest BCUT2D eigenvalue weighted by Gasteiger charge is 2.33. The average Bonchev–Trinajstić information content (AvgIpc) is 2.45. The molecule has 0 aliphatic carbocycles. The van der Waals surface area contributed by atoms with Crippen molar-refractivity contribution >= 4 is 5.91 Å². The number of hydrogen-bond donors (Lipinski definition) is 1. The van der Waals surface area contributed by atoms with E-state index in [1.807, 2.05) is 49.9 Å². The first-order chi connectivity index (χ1) is 9.49. The number of benzene rings is 1. The zero-order valence-electron chi connectivity index (χ0n) is 12.6. The molecule has 1 heterocycles. The van der Waals surface area contributed by atoms with Crippen LogP contribution < -0.4 is 10.1 Å². The third kappa shape index (κ3) is 3.73. The fourth-order valence-corrected chi connectivity index (χ4v) is 2.33. The molecule has 1 aromatic rings. The highest BCUT2D eigenvalue weighted by Crippen LogP contribution is 2.22. The van der Waals surface area contributed by atoms with E-state index in [0.29, 0.717) is 6.61 Å². The molecule has 1 saturated heterocycles. The van der Waals surface area contributed by atoms with E-state index in [4.69, 9.17) is 4.74 Å². The molecule has 1 fully saturated rings. The van der Waals surface area contributed by atoms with Crippen molar-refractivity contribution in [2.24, 2.45) is 5.41 Å². The van der Waals surface area contributed by atoms with Gasteiger partial charge in [0.1, 0.15) is 12.4 Å². The van der Waals surface area contributed by atoms with Gasteiger partial charge in [0.05, 0.1) is 5.41 Å². The van der Waals surface area contributed by atoms with Gasteiger partial charge in [-0.25, -0.2) is 0 Å². The summed E-state index contributed by atoms with van der Waals surface area (Å²) in [5.41, 5.74) is 0.662. The summed E-state index contributed by atoms with van der Waals surface area (Å²) >= 11 is 0. The zero-order valence-corrected chi connectivity index (χ0v) is 12.6. The highest BCUT2D eigenvalue weighted by atomic mass is 16.5. The molecule has 4 heteroatoms. The van der Waals surface area contributed by atoms with E-state index in [0.717, 1.165) is 37.5 Å². The first-order valence-corrected chi connectivity index (χ1v) is 7.19. The van der Waals surface area contributed by atoms with Gasteiger partial charge >= 0.3 is 0 Å². The lowest BCUT2D eigenvalue weighted by molar-refractivity contribution is -0.142. The van der Waals surface area contributed by atoms with E-state index >= 15 is 0 Å². The molecule has 0 atom stereocenters. The first kappa shape index (κ1) is 14.9. The van der Waals surface area contributed by atoms with Gasteiger partial charge in [-0.15, -0.1) is 0 Å². The predicted octanol–water partition coefficient (Wildman–Crippen LogP) is 1.83. The molecule has 1 amide bonds. The number of hydrogen-bond acceptors (Lipinski definition) is 3. The Hall–Kier alpha value is -1.55. The molecule has 4 nitrogen and oxygen atoms in total. The van der Waals surface area contributed by atoms with Gasteiger partial charge in [-0.3, -0.25) is 4.79 Å². The Morgan fingerprint density at radius 1 is 1.35 bits per heavy atom. The maximum absolute atomic E-state index is 12.5. The van der Waals surface area contributed by atoms with Crippen LogP contribution >= 0.6 is 0 Å². The van der Waals surface area contributed by atoms with E-state index < -0.39 is 5.41 Å². The Labute approximate surface area is 121 Å². The van der Waals surface area contributed by atoms with Crippen molar-refractivity contribution in [2.75, 3.05) is 32.8 Å². The fraction of sp³-hybridized carbons (Fsp3) is 0.562. The third-order valence-electron chi connectivity index (χ3n) is 3.57. The van der Waals surface area contributed by atoms with Gasteiger partial charge in [0.15, 0.2) is 0 Å². The smallest absolute Gasteiger partial charge is 0.231 e. The predicted molar refractivity (Wildman–Crippen MR) is 79.9 cm³/mol. The number of aryl methyl sites for hydroxylation is 1. The summed E-state index contributed by atoms with van der Waals surface area (Å²) in [6.45, 7) is 9.66. The van der Waals surface area contributed by atoms with Gasteiger partial charge in [-0.1, -0.05) is 12.1 Å². The Morgan fingerprint density at radius 2 is 2.05 bits per heavy atom. The monoisotopic (exact) mass is 276 g/mol. The van der Waals surface area contributed by atoms with Crippen molar-refractivity contribution < 1.29 is 9.53 Å². The SMILES string of the molecule is Cc1cccc(OCC(C)(C)C(=O)N2CCNCC2)c1. The summed E-state index contributed by atoms with van der Waals surface area (Å²) in [5.74, 6) is 0.998. The Kier molecular flexibility index (Phi) is 4.65. The van der Waals surface area contributed by atoms with Gasteiger partial charge in [0.25, 0.3) is 0 Å². The Bertz CT molecular complexity index is 465. The number of nitrogens with one attached hydrogen (secondary N) is 1. The molecule has 0 bridgehead atoms. The highest BCUT2D eigenvalue weighted by molar-refractivity contribution is 5.82. The van der Waals surface area contributed by atoms with Gasteiger partial charge in [0, 0.05) is 26.2 Å². The zero-order chi connectivity index (χ0) is 14.6. The number of carbonyl (C=O) groups is 1. The van der Waals surface area contributed by atoms with Crippen LogP contribution in [0.1, 0.15) is 19.4 Å². The second kappa shape index (κ2) is 6.27. The molecule has 1 aliphatic heterocycles. The van der Waals surface area contributed by atoms with Crippen LogP contribution in [0.5, 0.6) is 5.75 Å². The van der Waals surface area contributed by atoms with Crippen LogP contribution in [0.25, 0.3) is 0 Å².